The van der Waals surface area contributed by atoms with Gasteiger partial charge in [-0.15, -0.1) is 11.3 Å². The maximum absolute atomic E-state index is 13.1. The van der Waals surface area contributed by atoms with Gasteiger partial charge in [-0.25, -0.2) is 4.39 Å². The lowest BCUT2D eigenvalue weighted by molar-refractivity contribution is -0.138. The number of aryl methyl sites for hydroxylation is 1. The average molecular weight is 377 g/mol. The van der Waals surface area contributed by atoms with Gasteiger partial charge in [0.25, 0.3) is 5.91 Å². The van der Waals surface area contributed by atoms with Crippen LogP contribution in [-0.2, 0) is 9.53 Å². The van der Waals surface area contributed by atoms with Crippen LogP contribution >= 0.6 is 11.3 Å². The summed E-state index contributed by atoms with van der Waals surface area (Å²) in [6, 6.07) is 7.76. The fourth-order valence-electron chi connectivity index (χ4n) is 3.13. The molecule has 0 atom stereocenters. The maximum atomic E-state index is 13.1. The number of hydrogen-bond acceptors (Lipinski definition) is 4. The SMILES string of the molecule is Cc1cc(C(=O)N(CC(=O)O)C2CCOCC2)sc1-c1ccc(F)cc1. The summed E-state index contributed by atoms with van der Waals surface area (Å²) in [5.41, 5.74) is 1.75. The number of halogens is 1. The third-order valence-corrected chi connectivity index (χ3v) is 5.71. The van der Waals surface area contributed by atoms with Crippen LogP contribution in [0.4, 0.5) is 4.39 Å². The van der Waals surface area contributed by atoms with E-state index < -0.39 is 5.97 Å². The lowest BCUT2D eigenvalue weighted by Crippen LogP contribution is -2.45. The summed E-state index contributed by atoms with van der Waals surface area (Å²) in [5.74, 6) is -1.62. The number of rotatable bonds is 5. The standard InChI is InChI=1S/C19H20FNO4S/c1-12-10-16(26-18(12)13-2-4-14(20)5-3-13)19(24)21(11-17(22)23)15-6-8-25-9-7-15/h2-5,10,15H,6-9,11H2,1H3,(H,22,23). The fraction of sp³-hybridized carbons (Fsp3) is 0.368. The Hall–Kier alpha value is -2.25. The lowest BCUT2D eigenvalue weighted by Gasteiger charge is -2.32. The van der Waals surface area contributed by atoms with Crippen LogP contribution in [0.15, 0.2) is 30.3 Å². The molecule has 0 aliphatic carbocycles. The van der Waals surface area contributed by atoms with E-state index in [4.69, 9.17) is 4.74 Å². The van der Waals surface area contributed by atoms with Crippen molar-refractivity contribution < 1.29 is 23.8 Å². The molecule has 3 rings (SSSR count). The van der Waals surface area contributed by atoms with Crippen molar-refractivity contribution in [1.82, 2.24) is 4.90 Å². The molecule has 0 spiro atoms. The molecule has 5 nitrogen and oxygen atoms in total. The van der Waals surface area contributed by atoms with Gasteiger partial charge in [0.15, 0.2) is 0 Å². The van der Waals surface area contributed by atoms with Gasteiger partial charge in [-0.2, -0.15) is 0 Å². The van der Waals surface area contributed by atoms with Gasteiger partial charge in [0.1, 0.15) is 12.4 Å². The highest BCUT2D eigenvalue weighted by Gasteiger charge is 2.29. The Morgan fingerprint density at radius 1 is 1.27 bits per heavy atom. The first-order valence-electron chi connectivity index (χ1n) is 8.42. The second kappa shape index (κ2) is 7.97. The van der Waals surface area contributed by atoms with Gasteiger partial charge in [0, 0.05) is 24.1 Å². The van der Waals surface area contributed by atoms with Crippen molar-refractivity contribution in [3.05, 3.63) is 46.6 Å². The van der Waals surface area contributed by atoms with Crippen molar-refractivity contribution >= 4 is 23.2 Å². The van der Waals surface area contributed by atoms with E-state index in [0.29, 0.717) is 30.9 Å². The molecule has 1 saturated heterocycles. The van der Waals surface area contributed by atoms with Crippen molar-refractivity contribution in [3.63, 3.8) is 0 Å². The smallest absolute Gasteiger partial charge is 0.323 e. The molecule has 138 valence electrons. The summed E-state index contributed by atoms with van der Waals surface area (Å²) in [6.07, 6.45) is 1.27. The Bertz CT molecular complexity index is 796. The molecule has 1 aromatic heterocycles. The molecule has 0 unspecified atom stereocenters. The minimum Gasteiger partial charge on any atom is -0.480 e. The highest BCUT2D eigenvalue weighted by atomic mass is 32.1. The summed E-state index contributed by atoms with van der Waals surface area (Å²) in [4.78, 5) is 27.1. The van der Waals surface area contributed by atoms with E-state index in [1.54, 1.807) is 18.2 Å². The summed E-state index contributed by atoms with van der Waals surface area (Å²) in [7, 11) is 0. The number of nitrogens with zero attached hydrogens (tertiary/aromatic N) is 1. The monoisotopic (exact) mass is 377 g/mol. The zero-order valence-electron chi connectivity index (χ0n) is 14.4. The predicted molar refractivity (Wildman–Crippen MR) is 97.0 cm³/mol. The van der Waals surface area contributed by atoms with Crippen LogP contribution in [0.25, 0.3) is 10.4 Å². The number of thiophene rings is 1. The molecule has 1 aliphatic rings. The summed E-state index contributed by atoms with van der Waals surface area (Å²) in [5, 5.41) is 9.22. The van der Waals surface area contributed by atoms with Gasteiger partial charge in [-0.05, 0) is 49.1 Å². The third kappa shape index (κ3) is 4.11. The van der Waals surface area contributed by atoms with Crippen molar-refractivity contribution in [3.8, 4) is 10.4 Å². The molecule has 1 aliphatic heterocycles. The van der Waals surface area contributed by atoms with Crippen LogP contribution in [0.2, 0.25) is 0 Å². The van der Waals surface area contributed by atoms with Crippen LogP contribution < -0.4 is 0 Å². The molecule has 0 radical (unpaired) electrons. The van der Waals surface area contributed by atoms with Gasteiger partial charge in [-0.1, -0.05) is 12.1 Å². The highest BCUT2D eigenvalue weighted by Crippen LogP contribution is 2.33. The van der Waals surface area contributed by atoms with Gasteiger partial charge in [0.2, 0.25) is 0 Å². The Labute approximate surface area is 155 Å². The van der Waals surface area contributed by atoms with E-state index in [2.05, 4.69) is 0 Å². The Balaban J connectivity index is 1.88. The van der Waals surface area contributed by atoms with Gasteiger partial charge in [0.05, 0.1) is 4.88 Å². The van der Waals surface area contributed by atoms with Crippen LogP contribution in [0.5, 0.6) is 0 Å². The van der Waals surface area contributed by atoms with Crippen LogP contribution in [0.1, 0.15) is 28.1 Å². The van der Waals surface area contributed by atoms with Crippen molar-refractivity contribution in [2.75, 3.05) is 19.8 Å². The molecule has 1 amide bonds. The fourth-order valence-corrected chi connectivity index (χ4v) is 4.26. The number of carboxylic acids is 1. The molecule has 1 N–H and O–H groups in total. The molecular formula is C19H20FNO4S. The second-order valence-corrected chi connectivity index (χ2v) is 7.35. The van der Waals surface area contributed by atoms with E-state index in [1.165, 1.54) is 28.4 Å². The molecule has 1 aromatic carbocycles. The lowest BCUT2D eigenvalue weighted by atomic mass is 10.1. The minimum atomic E-state index is -1.03. The number of carbonyl (C=O) groups is 2. The minimum absolute atomic E-state index is 0.135. The van der Waals surface area contributed by atoms with E-state index in [9.17, 15) is 19.1 Å². The summed E-state index contributed by atoms with van der Waals surface area (Å²) in [6.45, 7) is 2.62. The Kier molecular flexibility index (Phi) is 5.68. The quantitative estimate of drug-likeness (QED) is 0.865. The van der Waals surface area contributed by atoms with E-state index >= 15 is 0 Å². The number of hydrogen-bond donors (Lipinski definition) is 1. The van der Waals surface area contributed by atoms with Crippen molar-refractivity contribution in [2.24, 2.45) is 0 Å². The maximum Gasteiger partial charge on any atom is 0.323 e. The van der Waals surface area contributed by atoms with Crippen molar-refractivity contribution in [2.45, 2.75) is 25.8 Å². The zero-order chi connectivity index (χ0) is 18.7. The molecule has 0 bridgehead atoms. The average Bonchev–Trinajstić information content (AvgIpc) is 3.02. The first kappa shape index (κ1) is 18.5. The summed E-state index contributed by atoms with van der Waals surface area (Å²) >= 11 is 1.31. The number of carboxylic acid groups (broad SMARTS) is 1. The topological polar surface area (TPSA) is 66.8 Å². The molecule has 2 heterocycles. The van der Waals surface area contributed by atoms with Gasteiger partial charge in [-0.3, -0.25) is 9.59 Å². The van der Waals surface area contributed by atoms with E-state index in [1.807, 2.05) is 6.92 Å². The van der Waals surface area contributed by atoms with Crippen LogP contribution in [-0.4, -0.2) is 47.7 Å². The zero-order valence-corrected chi connectivity index (χ0v) is 15.2. The number of benzene rings is 1. The molecule has 1 fully saturated rings. The van der Waals surface area contributed by atoms with Crippen molar-refractivity contribution in [1.29, 1.82) is 0 Å². The van der Waals surface area contributed by atoms with Gasteiger partial charge < -0.3 is 14.7 Å². The van der Waals surface area contributed by atoms with E-state index in [0.717, 1.165) is 16.0 Å². The number of aliphatic carboxylic acids is 1. The molecule has 7 heteroatoms. The van der Waals surface area contributed by atoms with Crippen LogP contribution in [0, 0.1) is 12.7 Å². The largest absolute Gasteiger partial charge is 0.480 e. The first-order chi connectivity index (χ1) is 12.5. The van der Waals surface area contributed by atoms with E-state index in [-0.39, 0.29) is 24.3 Å². The highest BCUT2D eigenvalue weighted by molar-refractivity contribution is 7.17. The molecule has 26 heavy (non-hydrogen) atoms. The second-order valence-electron chi connectivity index (χ2n) is 6.30. The number of amides is 1. The predicted octanol–water partition coefficient (Wildman–Crippen LogP) is 3.57. The van der Waals surface area contributed by atoms with Gasteiger partial charge >= 0.3 is 5.97 Å². The Morgan fingerprint density at radius 2 is 1.92 bits per heavy atom. The third-order valence-electron chi connectivity index (χ3n) is 4.43. The van der Waals surface area contributed by atoms with Crippen LogP contribution in [0.3, 0.4) is 0 Å². The Morgan fingerprint density at radius 3 is 2.54 bits per heavy atom. The summed E-state index contributed by atoms with van der Waals surface area (Å²) < 4.78 is 18.5. The first-order valence-corrected chi connectivity index (χ1v) is 9.24. The number of ether oxygens (including phenoxy) is 1. The number of carbonyl (C=O) groups excluding carboxylic acids is 1. The molecule has 2 aromatic rings. The normalized spacial score (nSPS) is 15.0. The molecular weight excluding hydrogens is 357 g/mol. The molecule has 0 saturated carbocycles.